The van der Waals surface area contributed by atoms with Gasteiger partial charge in [0.25, 0.3) is 5.88 Å². The zero-order valence-corrected chi connectivity index (χ0v) is 13.5. The van der Waals surface area contributed by atoms with Crippen LogP contribution in [0.5, 0.6) is 5.88 Å². The summed E-state index contributed by atoms with van der Waals surface area (Å²) in [5.41, 5.74) is 1.77. The summed E-state index contributed by atoms with van der Waals surface area (Å²) in [6, 6.07) is 10.1. The van der Waals surface area contributed by atoms with E-state index in [0.717, 1.165) is 35.5 Å². The number of hydrogen-bond donors (Lipinski definition) is 0. The predicted molar refractivity (Wildman–Crippen MR) is 85.5 cm³/mol. The van der Waals surface area contributed by atoms with Crippen LogP contribution in [0.15, 0.2) is 46.7 Å². The lowest BCUT2D eigenvalue weighted by Crippen LogP contribution is -2.43. The number of aromatic nitrogens is 1. The van der Waals surface area contributed by atoms with Crippen LogP contribution in [0.1, 0.15) is 23.3 Å². The fourth-order valence-corrected chi connectivity index (χ4v) is 4.31. The molecule has 1 fully saturated rings. The Hall–Kier alpha value is -2.27. The average molecular weight is 325 g/mol. The molecule has 1 spiro atoms. The number of rotatable bonds is 4. The quantitative estimate of drug-likeness (QED) is 0.865. The monoisotopic (exact) mass is 325 g/mol. The molecule has 124 valence electrons. The third kappa shape index (κ3) is 1.94. The third-order valence-corrected chi connectivity index (χ3v) is 5.44. The Labute approximate surface area is 140 Å². The van der Waals surface area contributed by atoms with Gasteiger partial charge in [0.2, 0.25) is 0 Å². The molecule has 1 aliphatic carbocycles. The highest BCUT2D eigenvalue weighted by atomic mass is 16.6. The van der Waals surface area contributed by atoms with Crippen molar-refractivity contribution >= 4 is 0 Å². The Morgan fingerprint density at radius 2 is 2.17 bits per heavy atom. The topological polar surface area (TPSA) is 53.7 Å². The first-order valence-corrected chi connectivity index (χ1v) is 8.37. The van der Waals surface area contributed by atoms with E-state index < -0.39 is 0 Å². The maximum absolute atomic E-state index is 6.27. The van der Waals surface area contributed by atoms with Crippen molar-refractivity contribution in [3.05, 3.63) is 59.1 Å². The highest BCUT2D eigenvalue weighted by molar-refractivity contribution is 5.41. The van der Waals surface area contributed by atoms with Crippen LogP contribution in [-0.2, 0) is 28.9 Å². The molecule has 0 unspecified atom stereocenters. The fourth-order valence-electron chi connectivity index (χ4n) is 4.31. The van der Waals surface area contributed by atoms with Crippen LogP contribution in [0.3, 0.4) is 0 Å². The van der Waals surface area contributed by atoms with E-state index in [4.69, 9.17) is 18.7 Å². The third-order valence-electron chi connectivity index (χ3n) is 5.44. The molecule has 0 radical (unpaired) electrons. The van der Waals surface area contributed by atoms with E-state index in [-0.39, 0.29) is 11.7 Å². The molecule has 1 saturated heterocycles. The maximum atomic E-state index is 6.27. The number of methoxy groups -OCH3 is 1. The predicted octanol–water partition coefficient (Wildman–Crippen LogP) is 3.04. The first-order valence-electron chi connectivity index (χ1n) is 8.37. The summed E-state index contributed by atoms with van der Waals surface area (Å²) in [5.74, 6) is 2.85. The molecule has 2 aliphatic heterocycles. The van der Waals surface area contributed by atoms with Gasteiger partial charge in [-0.25, -0.2) is 0 Å². The van der Waals surface area contributed by atoms with Gasteiger partial charge in [-0.05, 0) is 23.2 Å². The van der Waals surface area contributed by atoms with Crippen LogP contribution in [0.2, 0.25) is 0 Å². The normalized spacial score (nSPS) is 29.8. The Morgan fingerprint density at radius 3 is 3.00 bits per heavy atom. The van der Waals surface area contributed by atoms with Gasteiger partial charge in [-0.15, -0.1) is 0 Å². The van der Waals surface area contributed by atoms with Gasteiger partial charge in [-0.3, -0.25) is 0 Å². The zero-order chi connectivity index (χ0) is 16.1. The lowest BCUT2D eigenvalue weighted by Gasteiger charge is -2.36. The lowest BCUT2D eigenvalue weighted by molar-refractivity contribution is -0.0304. The second kappa shape index (κ2) is 5.11. The minimum atomic E-state index is -0.358. The highest BCUT2D eigenvalue weighted by Gasteiger charge is 2.59. The SMILES string of the molecule is COC1=C[C@H]2C[C@H]3Cc4onc(OCc5ccccc5)c4C[C@@]13O2. The molecule has 5 rings (SSSR count). The van der Waals surface area contributed by atoms with Gasteiger partial charge >= 0.3 is 0 Å². The van der Waals surface area contributed by atoms with E-state index in [1.54, 1.807) is 7.11 Å². The summed E-state index contributed by atoms with van der Waals surface area (Å²) >= 11 is 0. The van der Waals surface area contributed by atoms with Crippen molar-refractivity contribution in [2.45, 2.75) is 37.6 Å². The Bertz CT molecular complexity index is 797. The minimum Gasteiger partial charge on any atom is -0.498 e. The molecule has 3 aliphatic rings. The first kappa shape index (κ1) is 14.1. The summed E-state index contributed by atoms with van der Waals surface area (Å²) < 4.78 is 23.4. The molecule has 3 heterocycles. The molecule has 0 N–H and O–H groups in total. The number of hydrogen-bond acceptors (Lipinski definition) is 5. The van der Waals surface area contributed by atoms with E-state index in [9.17, 15) is 0 Å². The number of fused-ring (bicyclic) bond motifs is 2. The molecule has 0 saturated carbocycles. The van der Waals surface area contributed by atoms with Crippen LogP contribution < -0.4 is 4.74 Å². The summed E-state index contributed by atoms with van der Waals surface area (Å²) in [4.78, 5) is 0. The van der Waals surface area contributed by atoms with Crippen molar-refractivity contribution in [2.75, 3.05) is 7.11 Å². The number of nitrogens with zero attached hydrogens (tertiary/aromatic N) is 1. The second-order valence-electron chi connectivity index (χ2n) is 6.76. The van der Waals surface area contributed by atoms with Crippen LogP contribution >= 0.6 is 0 Å². The lowest BCUT2D eigenvalue weighted by atomic mass is 9.71. The molecule has 2 bridgehead atoms. The molecule has 3 atom stereocenters. The Balaban J connectivity index is 1.42. The number of ether oxygens (including phenoxy) is 3. The van der Waals surface area contributed by atoms with Gasteiger partial charge in [-0.1, -0.05) is 30.3 Å². The molecule has 2 aromatic rings. The van der Waals surface area contributed by atoms with Crippen molar-refractivity contribution in [1.29, 1.82) is 0 Å². The van der Waals surface area contributed by atoms with E-state index >= 15 is 0 Å². The van der Waals surface area contributed by atoms with E-state index in [1.165, 1.54) is 0 Å². The Kier molecular flexibility index (Phi) is 3.00. The van der Waals surface area contributed by atoms with Crippen LogP contribution in [0, 0.1) is 5.92 Å². The standard InChI is InChI=1S/C19H19NO4/c1-21-17-9-14-7-13-8-16-15(10-19(13,17)23-14)18(20-24-16)22-11-12-5-3-2-4-6-12/h2-6,9,13-14H,7-8,10-11H2,1H3/t13-,14+,19-/m0/s1. The van der Waals surface area contributed by atoms with Crippen molar-refractivity contribution in [2.24, 2.45) is 5.92 Å². The molecule has 5 heteroatoms. The molecule has 1 aromatic carbocycles. The zero-order valence-electron chi connectivity index (χ0n) is 13.5. The minimum absolute atomic E-state index is 0.163. The molecular formula is C19H19NO4. The van der Waals surface area contributed by atoms with Gasteiger partial charge in [0, 0.05) is 18.8 Å². The maximum Gasteiger partial charge on any atom is 0.258 e. The summed E-state index contributed by atoms with van der Waals surface area (Å²) in [6.07, 6.45) is 4.83. The summed E-state index contributed by atoms with van der Waals surface area (Å²) in [6.45, 7) is 0.479. The van der Waals surface area contributed by atoms with Crippen LogP contribution in [0.4, 0.5) is 0 Å². The molecule has 24 heavy (non-hydrogen) atoms. The highest BCUT2D eigenvalue weighted by Crippen LogP contribution is 2.54. The van der Waals surface area contributed by atoms with Gasteiger partial charge in [-0.2, -0.15) is 0 Å². The average Bonchev–Trinajstić information content (AvgIpc) is 3.27. The Morgan fingerprint density at radius 1 is 1.29 bits per heavy atom. The molecule has 1 aromatic heterocycles. The van der Waals surface area contributed by atoms with E-state index in [1.807, 2.05) is 30.3 Å². The number of benzene rings is 1. The van der Waals surface area contributed by atoms with Crippen molar-refractivity contribution in [1.82, 2.24) is 5.16 Å². The van der Waals surface area contributed by atoms with Crippen LogP contribution in [-0.4, -0.2) is 24.0 Å². The fraction of sp³-hybridized carbons (Fsp3) is 0.421. The second-order valence-corrected chi connectivity index (χ2v) is 6.76. The summed E-state index contributed by atoms with van der Waals surface area (Å²) in [5, 5.41) is 4.16. The largest absolute Gasteiger partial charge is 0.498 e. The molecule has 0 amide bonds. The first-order chi connectivity index (χ1) is 11.8. The van der Waals surface area contributed by atoms with Crippen molar-refractivity contribution in [3.63, 3.8) is 0 Å². The van der Waals surface area contributed by atoms with E-state index in [2.05, 4.69) is 11.2 Å². The smallest absolute Gasteiger partial charge is 0.258 e. The van der Waals surface area contributed by atoms with Gasteiger partial charge in [0.1, 0.15) is 23.7 Å². The van der Waals surface area contributed by atoms with Crippen molar-refractivity contribution in [3.8, 4) is 5.88 Å². The van der Waals surface area contributed by atoms with E-state index in [0.29, 0.717) is 24.8 Å². The van der Waals surface area contributed by atoms with Crippen LogP contribution in [0.25, 0.3) is 0 Å². The van der Waals surface area contributed by atoms with Gasteiger partial charge in [0.15, 0.2) is 0 Å². The van der Waals surface area contributed by atoms with Gasteiger partial charge in [0.05, 0.1) is 18.8 Å². The van der Waals surface area contributed by atoms with Gasteiger partial charge < -0.3 is 18.7 Å². The van der Waals surface area contributed by atoms with Crippen molar-refractivity contribution < 1.29 is 18.7 Å². The molecular weight excluding hydrogens is 306 g/mol. The summed E-state index contributed by atoms with van der Waals surface area (Å²) in [7, 11) is 1.72. The molecule has 5 nitrogen and oxygen atoms in total.